The van der Waals surface area contributed by atoms with Crippen molar-refractivity contribution in [2.24, 2.45) is 0 Å². The van der Waals surface area contributed by atoms with Gasteiger partial charge in [-0.05, 0) is 34.4 Å². The summed E-state index contributed by atoms with van der Waals surface area (Å²) in [4.78, 5) is 26.5. The Balaban J connectivity index is 1.84. The molecule has 0 aliphatic carbocycles. The van der Waals surface area contributed by atoms with Crippen LogP contribution in [0.4, 0.5) is 0 Å². The maximum atomic E-state index is 14.3. The summed E-state index contributed by atoms with van der Waals surface area (Å²) < 4.78 is 0.854. The van der Waals surface area contributed by atoms with Crippen LogP contribution < -0.4 is 5.32 Å². The first-order chi connectivity index (χ1) is 16.5. The van der Waals surface area contributed by atoms with Gasteiger partial charge in [0, 0.05) is 10.9 Å². The second-order valence-corrected chi connectivity index (χ2v) is 8.96. The number of aliphatic carboxylic acids is 1. The number of hydrogen-bond donors (Lipinski definition) is 2. The minimum absolute atomic E-state index is 0.162. The average Bonchev–Trinajstić information content (AvgIpc) is 2.86. The van der Waals surface area contributed by atoms with E-state index in [1.165, 1.54) is 0 Å². The van der Waals surface area contributed by atoms with Gasteiger partial charge in [-0.3, -0.25) is 4.79 Å². The molecule has 0 saturated carbocycles. The molecule has 0 spiro atoms. The predicted octanol–water partition coefficient (Wildman–Crippen LogP) is 5.60. The highest BCUT2D eigenvalue weighted by molar-refractivity contribution is 9.10. The molecule has 1 amide bonds. The van der Waals surface area contributed by atoms with Crippen LogP contribution in [0, 0.1) is 0 Å². The number of hydrogen-bond acceptors (Lipinski definition) is 2. The zero-order chi connectivity index (χ0) is 24.0. The number of benzene rings is 4. The number of carbonyl (C=O) groups excluding carboxylic acids is 1. The van der Waals surface area contributed by atoms with E-state index in [0.717, 1.165) is 26.7 Å². The molecule has 0 heterocycles. The second kappa shape index (κ2) is 10.5. The van der Waals surface area contributed by atoms with Crippen molar-refractivity contribution in [3.63, 3.8) is 0 Å². The number of nitrogens with one attached hydrogen (secondary N) is 1. The number of halogens is 1. The van der Waals surface area contributed by atoms with Crippen molar-refractivity contribution in [2.45, 2.75) is 17.9 Å². The first-order valence-corrected chi connectivity index (χ1v) is 11.8. The van der Waals surface area contributed by atoms with Crippen molar-refractivity contribution in [1.82, 2.24) is 5.32 Å². The van der Waals surface area contributed by atoms with Gasteiger partial charge in [-0.1, -0.05) is 119 Å². The fraction of sp³-hybridized carbons (Fsp3) is 0.103. The van der Waals surface area contributed by atoms with E-state index in [2.05, 4.69) is 21.2 Å². The minimum Gasteiger partial charge on any atom is -0.480 e. The van der Waals surface area contributed by atoms with E-state index in [9.17, 15) is 14.7 Å². The highest BCUT2D eigenvalue weighted by atomic mass is 79.9. The van der Waals surface area contributed by atoms with Crippen LogP contribution in [0.1, 0.15) is 22.3 Å². The normalized spacial score (nSPS) is 12.0. The molecule has 4 aromatic carbocycles. The molecule has 4 rings (SSSR count). The first kappa shape index (κ1) is 23.5. The largest absolute Gasteiger partial charge is 0.480 e. The van der Waals surface area contributed by atoms with E-state index in [-0.39, 0.29) is 6.42 Å². The van der Waals surface area contributed by atoms with Crippen molar-refractivity contribution >= 4 is 27.8 Å². The van der Waals surface area contributed by atoms with Crippen molar-refractivity contribution in [1.29, 1.82) is 0 Å². The van der Waals surface area contributed by atoms with Crippen LogP contribution in [-0.2, 0) is 21.4 Å². The lowest BCUT2D eigenvalue weighted by atomic mass is 9.68. The summed E-state index contributed by atoms with van der Waals surface area (Å²) in [5, 5.41) is 12.9. The maximum absolute atomic E-state index is 14.3. The van der Waals surface area contributed by atoms with E-state index in [0.29, 0.717) is 0 Å². The molecule has 4 aromatic rings. The van der Waals surface area contributed by atoms with Crippen LogP contribution >= 0.6 is 15.9 Å². The quantitative estimate of drug-likeness (QED) is 0.301. The van der Waals surface area contributed by atoms with E-state index in [1.807, 2.05) is 115 Å². The molecule has 0 unspecified atom stereocenters. The third kappa shape index (κ3) is 4.80. The predicted molar refractivity (Wildman–Crippen MR) is 137 cm³/mol. The summed E-state index contributed by atoms with van der Waals surface area (Å²) in [6.07, 6.45) is 0.162. The highest BCUT2D eigenvalue weighted by Crippen LogP contribution is 2.39. The molecule has 0 aliphatic rings. The first-order valence-electron chi connectivity index (χ1n) is 11.0. The molecular formula is C29H24BrNO3. The van der Waals surface area contributed by atoms with Crippen molar-refractivity contribution in [3.05, 3.63) is 142 Å². The van der Waals surface area contributed by atoms with Gasteiger partial charge in [0.2, 0.25) is 5.91 Å². The van der Waals surface area contributed by atoms with Crippen LogP contribution in [0.3, 0.4) is 0 Å². The van der Waals surface area contributed by atoms with Gasteiger partial charge in [0.05, 0.1) is 0 Å². The Hall–Kier alpha value is -3.70. The Morgan fingerprint density at radius 1 is 0.735 bits per heavy atom. The summed E-state index contributed by atoms with van der Waals surface area (Å²) in [6.45, 7) is 0. The van der Waals surface area contributed by atoms with Crippen LogP contribution in [0.2, 0.25) is 0 Å². The van der Waals surface area contributed by atoms with Gasteiger partial charge >= 0.3 is 5.97 Å². The molecule has 0 aliphatic heterocycles. The van der Waals surface area contributed by atoms with Crippen molar-refractivity contribution < 1.29 is 14.7 Å². The van der Waals surface area contributed by atoms with Crippen LogP contribution in [0.25, 0.3) is 0 Å². The summed E-state index contributed by atoms with van der Waals surface area (Å²) in [7, 11) is 0. The van der Waals surface area contributed by atoms with E-state index in [1.54, 1.807) is 0 Å². The topological polar surface area (TPSA) is 66.4 Å². The van der Waals surface area contributed by atoms with E-state index >= 15 is 0 Å². The van der Waals surface area contributed by atoms with E-state index in [4.69, 9.17) is 0 Å². The lowest BCUT2D eigenvalue weighted by Gasteiger charge is -2.35. The molecule has 170 valence electrons. The smallest absolute Gasteiger partial charge is 0.326 e. The molecule has 0 bridgehead atoms. The van der Waals surface area contributed by atoms with Gasteiger partial charge in [-0.2, -0.15) is 0 Å². The molecule has 1 atom stereocenters. The molecule has 0 aromatic heterocycles. The number of amides is 1. The minimum atomic E-state index is -1.23. The summed E-state index contributed by atoms with van der Waals surface area (Å²) in [5.74, 6) is -1.48. The van der Waals surface area contributed by atoms with E-state index < -0.39 is 23.3 Å². The fourth-order valence-electron chi connectivity index (χ4n) is 4.32. The van der Waals surface area contributed by atoms with Crippen LogP contribution in [0.5, 0.6) is 0 Å². The number of carbonyl (C=O) groups is 2. The number of carboxylic acid groups (broad SMARTS) is 1. The summed E-state index contributed by atoms with van der Waals surface area (Å²) >= 11 is 3.43. The van der Waals surface area contributed by atoms with Crippen LogP contribution in [0.15, 0.2) is 120 Å². The monoisotopic (exact) mass is 513 g/mol. The molecule has 0 radical (unpaired) electrons. The average molecular weight is 514 g/mol. The Morgan fingerprint density at radius 3 is 1.62 bits per heavy atom. The van der Waals surface area contributed by atoms with Gasteiger partial charge in [-0.15, -0.1) is 0 Å². The van der Waals surface area contributed by atoms with Crippen molar-refractivity contribution in [2.75, 3.05) is 0 Å². The highest BCUT2D eigenvalue weighted by Gasteiger charge is 2.45. The Kier molecular flexibility index (Phi) is 7.24. The summed E-state index contributed by atoms with van der Waals surface area (Å²) in [6, 6.07) is 34.8. The Labute approximate surface area is 207 Å². The molecule has 34 heavy (non-hydrogen) atoms. The third-order valence-corrected chi connectivity index (χ3v) is 6.39. The maximum Gasteiger partial charge on any atom is 0.326 e. The molecule has 4 nitrogen and oxygen atoms in total. The van der Waals surface area contributed by atoms with Gasteiger partial charge in [-0.25, -0.2) is 4.79 Å². The molecule has 5 heteroatoms. The van der Waals surface area contributed by atoms with Crippen LogP contribution in [-0.4, -0.2) is 23.0 Å². The molecular weight excluding hydrogens is 490 g/mol. The molecule has 0 fully saturated rings. The fourth-order valence-corrected chi connectivity index (χ4v) is 4.77. The standard InChI is InChI=1S/C29H24BrNO3/c30-25-18-10-11-21(19-25)20-26(27(32)33)31-28(34)29(22-12-4-1-5-13-22,23-14-6-2-7-15-23)24-16-8-3-9-17-24/h1-19,26H,20H2,(H,31,34)(H,32,33)/t26-/m1/s1. The Morgan fingerprint density at radius 2 is 1.21 bits per heavy atom. The molecule has 0 saturated heterocycles. The zero-order valence-corrected chi connectivity index (χ0v) is 20.0. The van der Waals surface area contributed by atoms with Gasteiger partial charge < -0.3 is 10.4 Å². The number of rotatable bonds is 8. The second-order valence-electron chi connectivity index (χ2n) is 8.05. The van der Waals surface area contributed by atoms with Crippen molar-refractivity contribution in [3.8, 4) is 0 Å². The summed E-state index contributed by atoms with van der Waals surface area (Å²) in [5.41, 5.74) is 1.87. The third-order valence-electron chi connectivity index (χ3n) is 5.89. The van der Waals surface area contributed by atoms with Gasteiger partial charge in [0.25, 0.3) is 0 Å². The Bertz CT molecular complexity index is 1160. The SMILES string of the molecule is O=C(O)[C@@H](Cc1cccc(Br)c1)NC(=O)C(c1ccccc1)(c1ccccc1)c1ccccc1. The van der Waals surface area contributed by atoms with Gasteiger partial charge in [0.15, 0.2) is 0 Å². The van der Waals surface area contributed by atoms with Gasteiger partial charge in [0.1, 0.15) is 11.5 Å². The lowest BCUT2D eigenvalue weighted by molar-refractivity contribution is -0.142. The number of carboxylic acids is 1. The zero-order valence-electron chi connectivity index (χ0n) is 18.4. The lowest BCUT2D eigenvalue weighted by Crippen LogP contribution is -2.52. The molecule has 2 N–H and O–H groups in total.